The minimum absolute atomic E-state index is 0.369. The second kappa shape index (κ2) is 7.04. The van der Waals surface area contributed by atoms with E-state index in [0.29, 0.717) is 29.9 Å². The first-order valence-corrected chi connectivity index (χ1v) is 9.56. The van der Waals surface area contributed by atoms with Gasteiger partial charge in [-0.25, -0.2) is 8.42 Å². The van der Waals surface area contributed by atoms with E-state index in [1.807, 2.05) is 0 Å². The van der Waals surface area contributed by atoms with Crippen LogP contribution in [0.3, 0.4) is 0 Å². The van der Waals surface area contributed by atoms with E-state index in [2.05, 4.69) is 4.90 Å². The predicted octanol–water partition coefficient (Wildman–Crippen LogP) is 1.26. The molecule has 0 aromatic heterocycles. The zero-order valence-electron chi connectivity index (χ0n) is 11.9. The lowest BCUT2D eigenvalue weighted by molar-refractivity contribution is 0.190. The average molecular weight is 288 g/mol. The van der Waals surface area contributed by atoms with Crippen LogP contribution in [-0.2, 0) is 9.84 Å². The smallest absolute Gasteiger partial charge is 0.150 e. The molecule has 2 aliphatic rings. The summed E-state index contributed by atoms with van der Waals surface area (Å²) in [4.78, 5) is 2.55. The fourth-order valence-electron chi connectivity index (χ4n) is 3.45. The lowest BCUT2D eigenvalue weighted by Gasteiger charge is -2.33. The Balaban J connectivity index is 1.85. The van der Waals surface area contributed by atoms with E-state index >= 15 is 0 Å². The first kappa shape index (κ1) is 15.3. The summed E-state index contributed by atoms with van der Waals surface area (Å²) in [5.74, 6) is 1.73. The number of nitrogens with two attached hydrogens (primary N) is 1. The molecule has 19 heavy (non-hydrogen) atoms. The minimum atomic E-state index is -2.75. The van der Waals surface area contributed by atoms with Crippen molar-refractivity contribution in [3.05, 3.63) is 0 Å². The van der Waals surface area contributed by atoms with Crippen molar-refractivity contribution in [2.24, 2.45) is 17.6 Å². The highest BCUT2D eigenvalue weighted by atomic mass is 32.2. The Morgan fingerprint density at radius 3 is 2.16 bits per heavy atom. The fraction of sp³-hybridized carbons (Fsp3) is 1.00. The van der Waals surface area contributed by atoms with Crippen LogP contribution in [0.25, 0.3) is 0 Å². The molecule has 0 aliphatic carbocycles. The third-order valence-corrected chi connectivity index (χ3v) is 6.48. The van der Waals surface area contributed by atoms with E-state index < -0.39 is 9.84 Å². The molecule has 4 nitrogen and oxygen atoms in total. The summed E-state index contributed by atoms with van der Waals surface area (Å²) in [5, 5.41) is 0. The molecular formula is C14H28N2O2S. The van der Waals surface area contributed by atoms with E-state index in [1.165, 1.54) is 38.8 Å². The van der Waals surface area contributed by atoms with Crippen molar-refractivity contribution >= 4 is 9.84 Å². The summed E-state index contributed by atoms with van der Waals surface area (Å²) in [6, 6.07) is 0. The maximum Gasteiger partial charge on any atom is 0.150 e. The van der Waals surface area contributed by atoms with Gasteiger partial charge in [0, 0.05) is 6.54 Å². The molecular weight excluding hydrogens is 260 g/mol. The highest BCUT2D eigenvalue weighted by Crippen LogP contribution is 2.27. The van der Waals surface area contributed by atoms with Crippen molar-refractivity contribution < 1.29 is 8.42 Å². The first-order chi connectivity index (χ1) is 9.11. The molecule has 2 N–H and O–H groups in total. The van der Waals surface area contributed by atoms with Crippen LogP contribution < -0.4 is 5.73 Å². The van der Waals surface area contributed by atoms with Crippen molar-refractivity contribution in [1.82, 2.24) is 4.90 Å². The number of nitrogens with zero attached hydrogens (tertiary/aromatic N) is 1. The van der Waals surface area contributed by atoms with Crippen molar-refractivity contribution in [3.8, 4) is 0 Å². The molecule has 0 radical (unpaired) electrons. The van der Waals surface area contributed by atoms with E-state index in [0.717, 1.165) is 19.4 Å². The van der Waals surface area contributed by atoms with Crippen LogP contribution in [0.1, 0.15) is 38.5 Å². The van der Waals surface area contributed by atoms with Crippen LogP contribution >= 0.6 is 0 Å². The summed E-state index contributed by atoms with van der Waals surface area (Å²) in [7, 11) is -2.75. The van der Waals surface area contributed by atoms with Gasteiger partial charge in [0.2, 0.25) is 0 Å². The zero-order chi connectivity index (χ0) is 13.7. The largest absolute Gasteiger partial charge is 0.330 e. The minimum Gasteiger partial charge on any atom is -0.330 e. The number of likely N-dealkylation sites (tertiary alicyclic amines) is 1. The second-order valence-corrected chi connectivity index (χ2v) is 8.50. The summed E-state index contributed by atoms with van der Waals surface area (Å²) >= 11 is 0. The molecule has 2 saturated heterocycles. The Morgan fingerprint density at radius 2 is 1.63 bits per heavy atom. The first-order valence-electron chi connectivity index (χ1n) is 7.73. The highest BCUT2D eigenvalue weighted by molar-refractivity contribution is 7.91. The monoisotopic (exact) mass is 288 g/mol. The van der Waals surface area contributed by atoms with Gasteiger partial charge in [-0.3, -0.25) is 0 Å². The number of hydrogen-bond acceptors (Lipinski definition) is 4. The second-order valence-electron chi connectivity index (χ2n) is 6.20. The van der Waals surface area contributed by atoms with Gasteiger partial charge in [0.15, 0.2) is 0 Å². The highest BCUT2D eigenvalue weighted by Gasteiger charge is 2.29. The predicted molar refractivity (Wildman–Crippen MR) is 78.8 cm³/mol. The summed E-state index contributed by atoms with van der Waals surface area (Å²) < 4.78 is 23.0. The lowest BCUT2D eigenvalue weighted by atomic mass is 9.87. The van der Waals surface area contributed by atoms with Crippen molar-refractivity contribution in [3.63, 3.8) is 0 Å². The molecule has 0 aromatic rings. The van der Waals surface area contributed by atoms with E-state index in [9.17, 15) is 8.42 Å². The van der Waals surface area contributed by atoms with Crippen LogP contribution in [0.5, 0.6) is 0 Å². The molecule has 0 aromatic carbocycles. The molecule has 112 valence electrons. The van der Waals surface area contributed by atoms with Gasteiger partial charge in [-0.1, -0.05) is 12.8 Å². The van der Waals surface area contributed by atoms with Crippen LogP contribution in [0.2, 0.25) is 0 Å². The molecule has 0 spiro atoms. The third kappa shape index (κ3) is 4.72. The molecule has 2 aliphatic heterocycles. The average Bonchev–Trinajstić information content (AvgIpc) is 2.65. The van der Waals surface area contributed by atoms with Gasteiger partial charge in [0.05, 0.1) is 11.5 Å². The normalized spacial score (nSPS) is 27.8. The molecule has 2 rings (SSSR count). The number of sulfone groups is 1. The van der Waals surface area contributed by atoms with Crippen LogP contribution in [-0.4, -0.2) is 51.0 Å². The standard InChI is InChI=1S/C14H28N2O2S/c15-11-14(12-16-7-3-1-2-4-8-16)13-5-9-19(17,18)10-6-13/h13-14H,1-12,15H2. The Hall–Kier alpha value is -0.130. The SMILES string of the molecule is NCC(CN1CCCCCC1)C1CCS(=O)(=O)CC1. The van der Waals surface area contributed by atoms with Crippen LogP contribution in [0.4, 0.5) is 0 Å². The maximum absolute atomic E-state index is 11.5. The molecule has 0 amide bonds. The van der Waals surface area contributed by atoms with Crippen molar-refractivity contribution in [2.45, 2.75) is 38.5 Å². The maximum atomic E-state index is 11.5. The van der Waals surface area contributed by atoms with Crippen LogP contribution in [0.15, 0.2) is 0 Å². The van der Waals surface area contributed by atoms with Crippen molar-refractivity contribution in [1.29, 1.82) is 0 Å². The van der Waals surface area contributed by atoms with Gasteiger partial charge in [-0.15, -0.1) is 0 Å². The number of rotatable bonds is 4. The molecule has 2 fully saturated rings. The Bertz CT molecular complexity index is 348. The van der Waals surface area contributed by atoms with Gasteiger partial charge >= 0.3 is 0 Å². The fourth-order valence-corrected chi connectivity index (χ4v) is 4.97. The Kier molecular flexibility index (Phi) is 5.66. The molecule has 2 heterocycles. The van der Waals surface area contributed by atoms with Gasteiger partial charge in [0.1, 0.15) is 9.84 Å². The van der Waals surface area contributed by atoms with Gasteiger partial charge in [-0.2, -0.15) is 0 Å². The summed E-state index contributed by atoms with van der Waals surface area (Å²) in [6.45, 7) is 4.16. The van der Waals surface area contributed by atoms with Crippen molar-refractivity contribution in [2.75, 3.05) is 37.7 Å². The third-order valence-electron chi connectivity index (χ3n) is 4.76. The molecule has 0 saturated carbocycles. The Morgan fingerprint density at radius 1 is 1.05 bits per heavy atom. The van der Waals surface area contributed by atoms with E-state index in [4.69, 9.17) is 5.73 Å². The van der Waals surface area contributed by atoms with Gasteiger partial charge in [-0.05, 0) is 57.2 Å². The molecule has 5 heteroatoms. The topological polar surface area (TPSA) is 63.4 Å². The summed E-state index contributed by atoms with van der Waals surface area (Å²) in [5.41, 5.74) is 5.95. The quantitative estimate of drug-likeness (QED) is 0.846. The number of hydrogen-bond donors (Lipinski definition) is 1. The molecule has 1 atom stereocenters. The van der Waals surface area contributed by atoms with E-state index in [-0.39, 0.29) is 0 Å². The Labute approximate surface area is 117 Å². The molecule has 0 bridgehead atoms. The lowest BCUT2D eigenvalue weighted by Crippen LogP contribution is -2.40. The van der Waals surface area contributed by atoms with Gasteiger partial charge in [0.25, 0.3) is 0 Å². The van der Waals surface area contributed by atoms with Gasteiger partial charge < -0.3 is 10.6 Å². The van der Waals surface area contributed by atoms with E-state index in [1.54, 1.807) is 0 Å². The summed E-state index contributed by atoms with van der Waals surface area (Å²) in [6.07, 6.45) is 6.94. The van der Waals surface area contributed by atoms with Crippen LogP contribution in [0, 0.1) is 11.8 Å². The molecule has 1 unspecified atom stereocenters. The zero-order valence-corrected chi connectivity index (χ0v) is 12.7.